The lowest BCUT2D eigenvalue weighted by Crippen LogP contribution is -2.27. The molecule has 0 unspecified atom stereocenters. The second-order valence-corrected chi connectivity index (χ2v) is 5.55. The lowest BCUT2D eigenvalue weighted by Gasteiger charge is -2.06. The van der Waals surface area contributed by atoms with Gasteiger partial charge in [0.05, 0.1) is 13.1 Å². The van der Waals surface area contributed by atoms with Crippen LogP contribution in [0, 0.1) is 0 Å². The van der Waals surface area contributed by atoms with E-state index in [2.05, 4.69) is 10.5 Å². The highest BCUT2D eigenvalue weighted by Gasteiger charge is 2.07. The van der Waals surface area contributed by atoms with Crippen molar-refractivity contribution in [1.82, 2.24) is 10.5 Å². The van der Waals surface area contributed by atoms with Crippen molar-refractivity contribution in [2.75, 3.05) is 6.54 Å². The molecule has 0 saturated heterocycles. The SMILES string of the molecule is NC(=O)CNCc1cc(-c2ccc(OCc3ccccc3)cc2)no1. The predicted octanol–water partition coefficient (Wildman–Crippen LogP) is 2.50. The predicted molar refractivity (Wildman–Crippen MR) is 93.6 cm³/mol. The minimum atomic E-state index is -0.411. The summed E-state index contributed by atoms with van der Waals surface area (Å²) >= 11 is 0. The Labute approximate surface area is 145 Å². The minimum absolute atomic E-state index is 0.101. The van der Waals surface area contributed by atoms with Crippen molar-refractivity contribution in [1.29, 1.82) is 0 Å². The number of carbonyl (C=O) groups is 1. The van der Waals surface area contributed by atoms with Crippen molar-refractivity contribution in [3.05, 3.63) is 72.0 Å². The monoisotopic (exact) mass is 337 g/mol. The van der Waals surface area contributed by atoms with Gasteiger partial charge in [0.1, 0.15) is 18.1 Å². The molecule has 0 saturated carbocycles. The van der Waals surface area contributed by atoms with Gasteiger partial charge in [-0.15, -0.1) is 0 Å². The largest absolute Gasteiger partial charge is 0.489 e. The molecule has 0 aliphatic heterocycles. The van der Waals surface area contributed by atoms with Gasteiger partial charge in [0.15, 0.2) is 5.76 Å². The summed E-state index contributed by atoms with van der Waals surface area (Å²) < 4.78 is 11.0. The van der Waals surface area contributed by atoms with Crippen LogP contribution in [0.15, 0.2) is 65.2 Å². The standard InChI is InChI=1S/C19H19N3O3/c20-19(23)12-21-11-17-10-18(22-25-17)15-6-8-16(9-7-15)24-13-14-4-2-1-3-5-14/h1-10,21H,11-13H2,(H2,20,23). The number of ether oxygens (including phenoxy) is 1. The summed E-state index contributed by atoms with van der Waals surface area (Å²) in [6.07, 6.45) is 0. The maximum absolute atomic E-state index is 10.7. The number of nitrogens with zero attached hydrogens (tertiary/aromatic N) is 1. The smallest absolute Gasteiger partial charge is 0.231 e. The van der Waals surface area contributed by atoms with Gasteiger partial charge in [-0.25, -0.2) is 0 Å². The fraction of sp³-hybridized carbons (Fsp3) is 0.158. The van der Waals surface area contributed by atoms with E-state index in [4.69, 9.17) is 15.0 Å². The molecular weight excluding hydrogens is 318 g/mol. The molecule has 3 aromatic rings. The van der Waals surface area contributed by atoms with E-state index in [0.717, 1.165) is 22.6 Å². The van der Waals surface area contributed by atoms with Crippen LogP contribution in [0.25, 0.3) is 11.3 Å². The molecule has 0 atom stereocenters. The first kappa shape index (κ1) is 16.7. The maximum Gasteiger partial charge on any atom is 0.231 e. The molecule has 2 aromatic carbocycles. The van der Waals surface area contributed by atoms with Gasteiger partial charge < -0.3 is 20.3 Å². The molecule has 0 bridgehead atoms. The van der Waals surface area contributed by atoms with E-state index in [1.54, 1.807) is 0 Å². The summed E-state index contributed by atoms with van der Waals surface area (Å²) in [5.41, 5.74) is 7.85. The molecule has 0 aliphatic carbocycles. The third kappa shape index (κ3) is 4.92. The van der Waals surface area contributed by atoms with E-state index >= 15 is 0 Å². The van der Waals surface area contributed by atoms with Crippen molar-refractivity contribution in [3.8, 4) is 17.0 Å². The number of nitrogens with two attached hydrogens (primary N) is 1. The summed E-state index contributed by atoms with van der Waals surface area (Å²) in [4.78, 5) is 10.7. The molecule has 128 valence electrons. The summed E-state index contributed by atoms with van der Waals surface area (Å²) in [7, 11) is 0. The molecule has 0 fully saturated rings. The Morgan fingerprint density at radius 3 is 2.60 bits per heavy atom. The fourth-order valence-electron chi connectivity index (χ4n) is 2.30. The average Bonchev–Trinajstić information content (AvgIpc) is 3.10. The summed E-state index contributed by atoms with van der Waals surface area (Å²) in [5.74, 6) is 1.02. The van der Waals surface area contributed by atoms with Gasteiger partial charge in [-0.3, -0.25) is 4.79 Å². The fourth-order valence-corrected chi connectivity index (χ4v) is 2.30. The Kier molecular flexibility index (Phi) is 5.43. The highest BCUT2D eigenvalue weighted by atomic mass is 16.5. The number of amides is 1. The van der Waals surface area contributed by atoms with Crippen LogP contribution in [0.3, 0.4) is 0 Å². The molecule has 6 heteroatoms. The van der Waals surface area contributed by atoms with Crippen molar-refractivity contribution >= 4 is 5.91 Å². The van der Waals surface area contributed by atoms with Crippen molar-refractivity contribution in [2.24, 2.45) is 5.73 Å². The highest BCUT2D eigenvalue weighted by molar-refractivity contribution is 5.75. The van der Waals surface area contributed by atoms with Gasteiger partial charge in [0, 0.05) is 11.6 Å². The number of nitrogens with one attached hydrogen (secondary N) is 1. The van der Waals surface area contributed by atoms with E-state index in [1.165, 1.54) is 0 Å². The Bertz CT molecular complexity index is 813. The molecule has 3 N–H and O–H groups in total. The number of aromatic nitrogens is 1. The van der Waals surface area contributed by atoms with Crippen LogP contribution in [0.1, 0.15) is 11.3 Å². The highest BCUT2D eigenvalue weighted by Crippen LogP contribution is 2.22. The topological polar surface area (TPSA) is 90.4 Å². The molecular formula is C19H19N3O3. The first-order valence-corrected chi connectivity index (χ1v) is 7.92. The van der Waals surface area contributed by atoms with Gasteiger partial charge in [0.25, 0.3) is 0 Å². The van der Waals surface area contributed by atoms with Crippen LogP contribution < -0.4 is 15.8 Å². The quantitative estimate of drug-likeness (QED) is 0.659. The Morgan fingerprint density at radius 2 is 1.88 bits per heavy atom. The Balaban J connectivity index is 1.57. The van der Waals surface area contributed by atoms with Gasteiger partial charge in [-0.05, 0) is 29.8 Å². The van der Waals surface area contributed by atoms with Crippen molar-refractivity contribution in [3.63, 3.8) is 0 Å². The zero-order valence-electron chi connectivity index (χ0n) is 13.6. The van der Waals surface area contributed by atoms with E-state index < -0.39 is 5.91 Å². The third-order valence-corrected chi connectivity index (χ3v) is 3.56. The first-order chi connectivity index (χ1) is 12.2. The normalized spacial score (nSPS) is 10.6. The van der Waals surface area contributed by atoms with Crippen LogP contribution in [-0.4, -0.2) is 17.6 Å². The average molecular weight is 337 g/mol. The minimum Gasteiger partial charge on any atom is -0.489 e. The van der Waals surface area contributed by atoms with E-state index in [0.29, 0.717) is 18.9 Å². The molecule has 0 radical (unpaired) electrons. The first-order valence-electron chi connectivity index (χ1n) is 7.92. The van der Waals surface area contributed by atoms with Gasteiger partial charge in [0.2, 0.25) is 5.91 Å². The number of benzene rings is 2. The molecule has 25 heavy (non-hydrogen) atoms. The van der Waals surface area contributed by atoms with Gasteiger partial charge >= 0.3 is 0 Å². The third-order valence-electron chi connectivity index (χ3n) is 3.56. The zero-order valence-corrected chi connectivity index (χ0v) is 13.6. The second-order valence-electron chi connectivity index (χ2n) is 5.55. The molecule has 3 rings (SSSR count). The lowest BCUT2D eigenvalue weighted by molar-refractivity contribution is -0.117. The van der Waals surface area contributed by atoms with E-state index in [1.807, 2.05) is 60.7 Å². The van der Waals surface area contributed by atoms with Crippen LogP contribution in [0.5, 0.6) is 5.75 Å². The second kappa shape index (κ2) is 8.12. The molecule has 1 heterocycles. The summed E-state index contributed by atoms with van der Waals surface area (Å²) in [6, 6.07) is 19.5. The molecule has 0 spiro atoms. The van der Waals surface area contributed by atoms with Crippen LogP contribution in [0.2, 0.25) is 0 Å². The molecule has 0 aliphatic rings. The number of carbonyl (C=O) groups excluding carboxylic acids is 1. The van der Waals surface area contributed by atoms with E-state index in [-0.39, 0.29) is 6.54 Å². The molecule has 1 aromatic heterocycles. The van der Waals surface area contributed by atoms with Crippen LogP contribution >= 0.6 is 0 Å². The Morgan fingerprint density at radius 1 is 1.12 bits per heavy atom. The number of hydrogen-bond donors (Lipinski definition) is 2. The van der Waals surface area contributed by atoms with Gasteiger partial charge in [-0.2, -0.15) is 0 Å². The van der Waals surface area contributed by atoms with Crippen LogP contribution in [-0.2, 0) is 17.9 Å². The van der Waals surface area contributed by atoms with E-state index in [9.17, 15) is 4.79 Å². The zero-order chi connectivity index (χ0) is 17.5. The number of primary amides is 1. The Hall–Kier alpha value is -3.12. The summed E-state index contributed by atoms with van der Waals surface area (Å²) in [6.45, 7) is 1.03. The number of rotatable bonds is 8. The summed E-state index contributed by atoms with van der Waals surface area (Å²) in [5, 5.41) is 6.91. The molecule has 6 nitrogen and oxygen atoms in total. The maximum atomic E-state index is 10.7. The number of hydrogen-bond acceptors (Lipinski definition) is 5. The lowest BCUT2D eigenvalue weighted by atomic mass is 10.1. The van der Waals surface area contributed by atoms with Crippen LogP contribution in [0.4, 0.5) is 0 Å². The van der Waals surface area contributed by atoms with Gasteiger partial charge in [-0.1, -0.05) is 35.5 Å². The molecule has 1 amide bonds. The van der Waals surface area contributed by atoms with Crippen molar-refractivity contribution in [2.45, 2.75) is 13.2 Å². The van der Waals surface area contributed by atoms with Crippen molar-refractivity contribution < 1.29 is 14.1 Å².